The Labute approximate surface area is 164 Å². The van der Waals surface area contributed by atoms with Crippen molar-refractivity contribution >= 4 is 39.9 Å². The molecule has 0 saturated heterocycles. The molecule has 3 aromatic carbocycles. The zero-order chi connectivity index (χ0) is 19.1. The third-order valence-electron chi connectivity index (χ3n) is 4.46. The molecule has 0 saturated carbocycles. The highest BCUT2D eigenvalue weighted by Crippen LogP contribution is 2.23. The van der Waals surface area contributed by atoms with Crippen molar-refractivity contribution in [3.8, 4) is 5.69 Å². The third-order valence-corrected chi connectivity index (χ3v) is 4.71. The topological polar surface area (TPSA) is 64.2 Å². The second-order valence-electron chi connectivity index (χ2n) is 6.27. The van der Waals surface area contributed by atoms with Crippen LogP contribution in [-0.4, -0.2) is 19.2 Å². The number of anilines is 2. The van der Waals surface area contributed by atoms with Gasteiger partial charge in [0.05, 0.1) is 16.6 Å². The summed E-state index contributed by atoms with van der Waals surface area (Å²) in [6.45, 7) is 0. The van der Waals surface area contributed by atoms with Gasteiger partial charge in [0.1, 0.15) is 0 Å². The number of nitrogens with zero attached hydrogens (tertiary/aromatic N) is 4. The predicted molar refractivity (Wildman–Crippen MR) is 111 cm³/mol. The van der Waals surface area contributed by atoms with E-state index in [-0.39, 0.29) is 5.56 Å². The predicted octanol–water partition coefficient (Wildman–Crippen LogP) is 4.43. The van der Waals surface area contributed by atoms with Gasteiger partial charge in [0.25, 0.3) is 5.56 Å². The van der Waals surface area contributed by atoms with Crippen LogP contribution in [0.5, 0.6) is 0 Å². The molecule has 28 heavy (non-hydrogen) atoms. The molecular formula is C21H14ClN5O. The van der Waals surface area contributed by atoms with Crippen LogP contribution in [-0.2, 0) is 0 Å². The average Bonchev–Trinajstić information content (AvgIpc) is 3.09. The molecule has 6 nitrogen and oxygen atoms in total. The van der Waals surface area contributed by atoms with Crippen molar-refractivity contribution in [1.82, 2.24) is 19.2 Å². The highest BCUT2D eigenvalue weighted by molar-refractivity contribution is 6.30. The molecule has 0 atom stereocenters. The Balaban J connectivity index is 1.80. The van der Waals surface area contributed by atoms with Crippen molar-refractivity contribution in [3.05, 3.63) is 94.2 Å². The van der Waals surface area contributed by atoms with E-state index >= 15 is 0 Å². The van der Waals surface area contributed by atoms with E-state index in [0.29, 0.717) is 27.7 Å². The summed E-state index contributed by atoms with van der Waals surface area (Å²) in [5, 5.41) is 8.95. The molecule has 0 spiro atoms. The lowest BCUT2D eigenvalue weighted by molar-refractivity contribution is 0.917. The molecule has 2 aromatic heterocycles. The minimum atomic E-state index is -0.213. The van der Waals surface area contributed by atoms with Gasteiger partial charge >= 0.3 is 0 Å². The standard InChI is InChI=1S/C21H14ClN5O/c22-14-10-12-15(13-11-14)23-20-25-27-19(28)17-8-4-5-9-18(17)24-21(27)26(20)16-6-2-1-3-7-16/h1-13H,(H,23,25). The average molecular weight is 388 g/mol. The van der Waals surface area contributed by atoms with E-state index in [0.717, 1.165) is 11.4 Å². The lowest BCUT2D eigenvalue weighted by Gasteiger charge is -2.09. The van der Waals surface area contributed by atoms with Crippen molar-refractivity contribution in [2.75, 3.05) is 5.32 Å². The first-order valence-corrected chi connectivity index (χ1v) is 9.07. The maximum atomic E-state index is 13.0. The summed E-state index contributed by atoms with van der Waals surface area (Å²) in [6.07, 6.45) is 0. The second-order valence-corrected chi connectivity index (χ2v) is 6.71. The van der Waals surface area contributed by atoms with Crippen LogP contribution in [0.3, 0.4) is 0 Å². The van der Waals surface area contributed by atoms with Crippen LogP contribution in [0.1, 0.15) is 0 Å². The smallest absolute Gasteiger partial charge is 0.283 e. The van der Waals surface area contributed by atoms with Gasteiger partial charge < -0.3 is 5.32 Å². The van der Waals surface area contributed by atoms with E-state index in [1.54, 1.807) is 18.2 Å². The Morgan fingerprint density at radius 2 is 1.57 bits per heavy atom. The molecule has 0 fully saturated rings. The van der Waals surface area contributed by atoms with Gasteiger partial charge in [-0.25, -0.2) is 9.55 Å². The first-order chi connectivity index (χ1) is 13.7. The molecule has 136 valence electrons. The summed E-state index contributed by atoms with van der Waals surface area (Å²) >= 11 is 5.98. The molecule has 0 aliphatic carbocycles. The number of rotatable bonds is 3. The SMILES string of the molecule is O=c1c2ccccc2nc2n(-c3ccccc3)c(Nc3ccc(Cl)cc3)nn12. The molecule has 1 N–H and O–H groups in total. The van der Waals surface area contributed by atoms with Gasteiger partial charge in [0.2, 0.25) is 11.7 Å². The van der Waals surface area contributed by atoms with E-state index in [2.05, 4.69) is 10.4 Å². The van der Waals surface area contributed by atoms with Gasteiger partial charge in [-0.2, -0.15) is 4.52 Å². The van der Waals surface area contributed by atoms with Crippen molar-refractivity contribution in [2.45, 2.75) is 0 Å². The molecule has 0 aliphatic rings. The molecule has 0 bridgehead atoms. The number of benzene rings is 3. The molecule has 0 amide bonds. The van der Waals surface area contributed by atoms with Crippen molar-refractivity contribution in [1.29, 1.82) is 0 Å². The Bertz CT molecular complexity index is 1360. The number of aromatic nitrogens is 4. The van der Waals surface area contributed by atoms with Crippen molar-refractivity contribution in [2.24, 2.45) is 0 Å². The van der Waals surface area contributed by atoms with Gasteiger partial charge in [-0.15, -0.1) is 5.10 Å². The van der Waals surface area contributed by atoms with Crippen molar-refractivity contribution in [3.63, 3.8) is 0 Å². The number of para-hydroxylation sites is 2. The number of hydrogen-bond acceptors (Lipinski definition) is 4. The number of halogens is 1. The number of hydrogen-bond donors (Lipinski definition) is 1. The van der Waals surface area contributed by atoms with Gasteiger partial charge in [-0.3, -0.25) is 4.79 Å². The molecular weight excluding hydrogens is 374 g/mol. The molecule has 0 radical (unpaired) electrons. The normalized spacial score (nSPS) is 11.2. The zero-order valence-electron chi connectivity index (χ0n) is 14.6. The zero-order valence-corrected chi connectivity index (χ0v) is 15.3. The largest absolute Gasteiger partial charge is 0.324 e. The Morgan fingerprint density at radius 1 is 0.857 bits per heavy atom. The maximum absolute atomic E-state index is 13.0. The van der Waals surface area contributed by atoms with Gasteiger partial charge in [0, 0.05) is 10.7 Å². The molecule has 5 rings (SSSR count). The maximum Gasteiger partial charge on any atom is 0.283 e. The van der Waals surface area contributed by atoms with E-state index in [4.69, 9.17) is 16.6 Å². The molecule has 7 heteroatoms. The highest BCUT2D eigenvalue weighted by atomic mass is 35.5. The van der Waals surface area contributed by atoms with E-state index in [1.165, 1.54) is 4.52 Å². The first-order valence-electron chi connectivity index (χ1n) is 8.69. The number of fused-ring (bicyclic) bond motifs is 2. The summed E-state index contributed by atoms with van der Waals surface area (Å²) in [4.78, 5) is 17.7. The lowest BCUT2D eigenvalue weighted by Crippen LogP contribution is -2.16. The van der Waals surface area contributed by atoms with Crippen LogP contribution in [0.2, 0.25) is 5.02 Å². The highest BCUT2D eigenvalue weighted by Gasteiger charge is 2.17. The minimum absolute atomic E-state index is 0.213. The third kappa shape index (κ3) is 2.71. The Kier molecular flexibility index (Phi) is 3.84. The Morgan fingerprint density at radius 3 is 2.36 bits per heavy atom. The van der Waals surface area contributed by atoms with Gasteiger partial charge in [-0.05, 0) is 48.5 Å². The van der Waals surface area contributed by atoms with Gasteiger partial charge in [0.15, 0.2) is 0 Å². The van der Waals surface area contributed by atoms with Crippen LogP contribution in [0.25, 0.3) is 22.4 Å². The fraction of sp³-hybridized carbons (Fsp3) is 0. The monoisotopic (exact) mass is 387 g/mol. The minimum Gasteiger partial charge on any atom is -0.324 e. The quantitative estimate of drug-likeness (QED) is 0.497. The van der Waals surface area contributed by atoms with Crippen LogP contribution < -0.4 is 10.9 Å². The van der Waals surface area contributed by atoms with Crippen molar-refractivity contribution < 1.29 is 0 Å². The fourth-order valence-electron chi connectivity index (χ4n) is 3.14. The van der Waals surface area contributed by atoms with Crippen LogP contribution in [0.15, 0.2) is 83.7 Å². The van der Waals surface area contributed by atoms with Crippen LogP contribution >= 0.6 is 11.6 Å². The second kappa shape index (κ2) is 6.51. The first kappa shape index (κ1) is 16.5. The number of nitrogens with one attached hydrogen (secondary N) is 1. The molecule has 5 aromatic rings. The fourth-order valence-corrected chi connectivity index (χ4v) is 3.27. The van der Waals surface area contributed by atoms with E-state index < -0.39 is 0 Å². The van der Waals surface area contributed by atoms with Gasteiger partial charge in [-0.1, -0.05) is 41.9 Å². The van der Waals surface area contributed by atoms with Crippen LogP contribution in [0, 0.1) is 0 Å². The Hall–Kier alpha value is -3.64. The van der Waals surface area contributed by atoms with E-state index in [9.17, 15) is 4.79 Å². The summed E-state index contributed by atoms with van der Waals surface area (Å²) in [5.74, 6) is 0.916. The molecule has 0 aliphatic heterocycles. The summed E-state index contributed by atoms with van der Waals surface area (Å²) in [5.41, 5.74) is 2.06. The van der Waals surface area contributed by atoms with E-state index in [1.807, 2.05) is 65.2 Å². The lowest BCUT2D eigenvalue weighted by atomic mass is 10.2. The summed E-state index contributed by atoms with van der Waals surface area (Å²) in [7, 11) is 0. The molecule has 0 unspecified atom stereocenters. The van der Waals surface area contributed by atoms with Crippen LogP contribution in [0.4, 0.5) is 11.6 Å². The molecule has 2 heterocycles. The summed E-state index contributed by atoms with van der Waals surface area (Å²) in [6, 6.07) is 24.2. The summed E-state index contributed by atoms with van der Waals surface area (Å²) < 4.78 is 3.15.